The first-order chi connectivity index (χ1) is 13.6. The van der Waals surface area contributed by atoms with Crippen LogP contribution < -0.4 is 16.0 Å². The average Bonchev–Trinajstić information content (AvgIpc) is 2.60. The molecule has 5 nitrogen and oxygen atoms in total. The standard InChI is InChI=1S/C19H14Cl2F3N3O2/c1-9-14(17(28)26-11-5-2-4-10(8-11)19(22,23)24)16(27-18(29)25-9)15-12(20)6-3-7-13(15)21/h2-8,14,16H,1H2,(H,26,28)(H2,25,27,29)/t14-,16+/m0/s1. The second-order valence-electron chi connectivity index (χ2n) is 6.28. The molecule has 0 aliphatic carbocycles. The molecule has 1 saturated heterocycles. The maximum absolute atomic E-state index is 12.9. The summed E-state index contributed by atoms with van der Waals surface area (Å²) in [7, 11) is 0. The molecule has 2 atom stereocenters. The van der Waals surface area contributed by atoms with E-state index >= 15 is 0 Å². The number of urea groups is 1. The van der Waals surface area contributed by atoms with Crippen molar-refractivity contribution >= 4 is 40.8 Å². The molecule has 0 bridgehead atoms. The van der Waals surface area contributed by atoms with Gasteiger partial charge in [-0.15, -0.1) is 0 Å². The van der Waals surface area contributed by atoms with E-state index in [1.165, 1.54) is 12.1 Å². The molecule has 3 amide bonds. The molecule has 2 aromatic carbocycles. The molecule has 0 unspecified atom stereocenters. The topological polar surface area (TPSA) is 70.2 Å². The molecule has 1 fully saturated rings. The first-order valence-corrected chi connectivity index (χ1v) is 9.02. The van der Waals surface area contributed by atoms with Gasteiger partial charge >= 0.3 is 12.2 Å². The second-order valence-corrected chi connectivity index (χ2v) is 7.10. The van der Waals surface area contributed by atoms with Gasteiger partial charge < -0.3 is 16.0 Å². The zero-order chi connectivity index (χ0) is 21.3. The number of carbonyl (C=O) groups is 2. The highest BCUT2D eigenvalue weighted by Crippen LogP contribution is 2.38. The lowest BCUT2D eigenvalue weighted by atomic mass is 9.88. The lowest BCUT2D eigenvalue weighted by molar-refractivity contribution is -0.137. The summed E-state index contributed by atoms with van der Waals surface area (Å²) in [5, 5.41) is 7.84. The predicted molar refractivity (Wildman–Crippen MR) is 104 cm³/mol. The molecule has 1 aliphatic rings. The number of alkyl halides is 3. The first kappa shape index (κ1) is 21.0. The van der Waals surface area contributed by atoms with Crippen molar-refractivity contribution in [3.63, 3.8) is 0 Å². The summed E-state index contributed by atoms with van der Waals surface area (Å²) in [6, 6.07) is 7.31. The van der Waals surface area contributed by atoms with Crippen LogP contribution in [-0.2, 0) is 11.0 Å². The molecule has 3 rings (SSSR count). The Morgan fingerprint density at radius 1 is 1.10 bits per heavy atom. The van der Waals surface area contributed by atoms with Gasteiger partial charge in [-0.05, 0) is 30.3 Å². The summed E-state index contributed by atoms with van der Waals surface area (Å²) >= 11 is 12.4. The summed E-state index contributed by atoms with van der Waals surface area (Å²) in [4.78, 5) is 24.9. The number of benzene rings is 2. The third-order valence-corrected chi connectivity index (χ3v) is 4.98. The highest BCUT2D eigenvalue weighted by Gasteiger charge is 2.40. The normalized spacial score (nSPS) is 19.3. The maximum atomic E-state index is 12.9. The molecule has 10 heteroatoms. The van der Waals surface area contributed by atoms with E-state index in [0.717, 1.165) is 12.1 Å². The van der Waals surface area contributed by atoms with Gasteiger partial charge in [0, 0.05) is 27.0 Å². The fraction of sp³-hybridized carbons (Fsp3) is 0.158. The van der Waals surface area contributed by atoms with Crippen LogP contribution in [0.25, 0.3) is 0 Å². The summed E-state index contributed by atoms with van der Waals surface area (Å²) in [6.45, 7) is 3.70. The minimum absolute atomic E-state index is 0.0548. The highest BCUT2D eigenvalue weighted by molar-refractivity contribution is 6.36. The van der Waals surface area contributed by atoms with Crippen LogP contribution in [0.2, 0.25) is 10.0 Å². The summed E-state index contributed by atoms with van der Waals surface area (Å²) in [6.07, 6.45) is -4.56. The lowest BCUT2D eigenvalue weighted by Crippen LogP contribution is -2.52. The number of halogens is 5. The predicted octanol–water partition coefficient (Wildman–Crippen LogP) is 5.13. The van der Waals surface area contributed by atoms with E-state index in [9.17, 15) is 22.8 Å². The number of amides is 3. The molecule has 0 saturated carbocycles. The summed E-state index contributed by atoms with van der Waals surface area (Å²) in [5.41, 5.74) is -0.608. The van der Waals surface area contributed by atoms with E-state index < -0.39 is 35.6 Å². The van der Waals surface area contributed by atoms with Crippen LogP contribution in [0, 0.1) is 5.92 Å². The summed E-state index contributed by atoms with van der Waals surface area (Å²) in [5.74, 6) is -1.78. The maximum Gasteiger partial charge on any atom is 0.416 e. The molecule has 1 heterocycles. The van der Waals surface area contributed by atoms with Gasteiger partial charge in [-0.1, -0.05) is 41.9 Å². The largest absolute Gasteiger partial charge is 0.416 e. The molecule has 152 valence electrons. The zero-order valence-corrected chi connectivity index (χ0v) is 16.1. The molecule has 0 spiro atoms. The number of anilines is 1. The Kier molecular flexibility index (Phi) is 5.77. The van der Waals surface area contributed by atoms with Gasteiger partial charge in [-0.3, -0.25) is 4.79 Å². The van der Waals surface area contributed by atoms with Crippen molar-refractivity contribution in [1.82, 2.24) is 10.6 Å². The van der Waals surface area contributed by atoms with Gasteiger partial charge in [0.05, 0.1) is 11.6 Å². The third-order valence-electron chi connectivity index (χ3n) is 4.32. The van der Waals surface area contributed by atoms with Gasteiger partial charge in [0.25, 0.3) is 0 Å². The fourth-order valence-electron chi connectivity index (χ4n) is 3.03. The van der Waals surface area contributed by atoms with Gasteiger partial charge in [0.2, 0.25) is 5.91 Å². The number of hydrogen-bond donors (Lipinski definition) is 3. The van der Waals surface area contributed by atoms with Crippen molar-refractivity contribution in [3.8, 4) is 0 Å². The third kappa shape index (κ3) is 4.49. The molecular formula is C19H14Cl2F3N3O2. The number of nitrogens with one attached hydrogen (secondary N) is 3. The van der Waals surface area contributed by atoms with E-state index in [1.54, 1.807) is 18.2 Å². The van der Waals surface area contributed by atoms with Crippen LogP contribution in [0.5, 0.6) is 0 Å². The molecule has 29 heavy (non-hydrogen) atoms. The summed E-state index contributed by atoms with van der Waals surface area (Å²) < 4.78 is 38.8. The molecule has 2 aromatic rings. The quantitative estimate of drug-likeness (QED) is 0.614. The van der Waals surface area contributed by atoms with Crippen molar-refractivity contribution in [2.24, 2.45) is 5.92 Å². The van der Waals surface area contributed by atoms with Crippen molar-refractivity contribution < 1.29 is 22.8 Å². The van der Waals surface area contributed by atoms with Gasteiger partial charge in [-0.2, -0.15) is 13.2 Å². The van der Waals surface area contributed by atoms with E-state index in [-0.39, 0.29) is 21.4 Å². The van der Waals surface area contributed by atoms with Gasteiger partial charge in [0.15, 0.2) is 0 Å². The van der Waals surface area contributed by atoms with Crippen LogP contribution in [-0.4, -0.2) is 11.9 Å². The van der Waals surface area contributed by atoms with Crippen molar-refractivity contribution in [2.75, 3.05) is 5.32 Å². The van der Waals surface area contributed by atoms with E-state index in [4.69, 9.17) is 23.2 Å². The Morgan fingerprint density at radius 3 is 2.34 bits per heavy atom. The van der Waals surface area contributed by atoms with Gasteiger partial charge in [-0.25, -0.2) is 4.79 Å². The lowest BCUT2D eigenvalue weighted by Gasteiger charge is -2.34. The average molecular weight is 444 g/mol. The zero-order valence-electron chi connectivity index (χ0n) is 14.6. The molecule has 0 aromatic heterocycles. The van der Waals surface area contributed by atoms with E-state index in [0.29, 0.717) is 5.56 Å². The van der Waals surface area contributed by atoms with Crippen LogP contribution in [0.15, 0.2) is 54.7 Å². The fourth-order valence-corrected chi connectivity index (χ4v) is 3.67. The Morgan fingerprint density at radius 2 is 1.72 bits per heavy atom. The van der Waals surface area contributed by atoms with E-state index in [1.807, 2.05) is 0 Å². The van der Waals surface area contributed by atoms with Crippen LogP contribution in [0.3, 0.4) is 0 Å². The Bertz CT molecular complexity index is 975. The van der Waals surface area contributed by atoms with Crippen molar-refractivity contribution in [3.05, 3.63) is 75.9 Å². The van der Waals surface area contributed by atoms with Crippen molar-refractivity contribution in [1.29, 1.82) is 0 Å². The minimum Gasteiger partial charge on any atom is -0.330 e. The molecular weight excluding hydrogens is 430 g/mol. The van der Waals surface area contributed by atoms with Crippen LogP contribution >= 0.6 is 23.2 Å². The van der Waals surface area contributed by atoms with Gasteiger partial charge in [0.1, 0.15) is 5.92 Å². The van der Waals surface area contributed by atoms with Crippen molar-refractivity contribution in [2.45, 2.75) is 12.2 Å². The molecule has 3 N–H and O–H groups in total. The first-order valence-electron chi connectivity index (χ1n) is 8.26. The number of carbonyl (C=O) groups excluding carboxylic acids is 2. The number of rotatable bonds is 3. The smallest absolute Gasteiger partial charge is 0.330 e. The monoisotopic (exact) mass is 443 g/mol. The Balaban J connectivity index is 1.95. The molecule has 1 aliphatic heterocycles. The Hall–Kier alpha value is -2.71. The highest BCUT2D eigenvalue weighted by atomic mass is 35.5. The van der Waals surface area contributed by atoms with Crippen LogP contribution in [0.4, 0.5) is 23.7 Å². The second kappa shape index (κ2) is 7.96. The minimum atomic E-state index is -4.56. The van der Waals surface area contributed by atoms with E-state index in [2.05, 4.69) is 22.5 Å². The SMILES string of the molecule is C=C1NC(=O)N[C@@H](c2c(Cl)cccc2Cl)[C@H]1C(=O)Nc1cccc(C(F)(F)F)c1. The Labute approximate surface area is 173 Å². The number of hydrogen-bond acceptors (Lipinski definition) is 2. The van der Waals surface area contributed by atoms with Crippen LogP contribution in [0.1, 0.15) is 17.2 Å². The molecule has 0 radical (unpaired) electrons.